The zero-order valence-corrected chi connectivity index (χ0v) is 23.3. The Labute approximate surface area is 253 Å². The van der Waals surface area contributed by atoms with Gasteiger partial charge >= 0.3 is 23.9 Å². The van der Waals surface area contributed by atoms with E-state index in [-0.39, 0.29) is 23.1 Å². The Kier molecular flexibility index (Phi) is 10.9. The third kappa shape index (κ3) is 8.37. The van der Waals surface area contributed by atoms with Crippen molar-refractivity contribution in [3.05, 3.63) is 144 Å². The molecule has 0 amide bonds. The summed E-state index contributed by atoms with van der Waals surface area (Å²) in [5.74, 6) is -3.07. The first-order valence-corrected chi connectivity index (χ1v) is 13.7. The van der Waals surface area contributed by atoms with Gasteiger partial charge in [-0.3, -0.25) is 0 Å². The van der Waals surface area contributed by atoms with E-state index in [4.69, 9.17) is 19.3 Å². The lowest BCUT2D eigenvalue weighted by atomic mass is 9.86. The summed E-state index contributed by atoms with van der Waals surface area (Å²) in [7, 11) is 0. The third-order valence-electron chi connectivity index (χ3n) is 6.71. The van der Waals surface area contributed by atoms with Crippen LogP contribution in [0.2, 0.25) is 0 Å². The van der Waals surface area contributed by atoms with Crippen LogP contribution in [0.5, 0.6) is 0 Å². The lowest BCUT2D eigenvalue weighted by Crippen LogP contribution is -2.59. The van der Waals surface area contributed by atoms with Crippen LogP contribution in [0.15, 0.2) is 121 Å². The van der Waals surface area contributed by atoms with E-state index in [0.29, 0.717) is 5.56 Å². The molecule has 3 N–H and O–H groups in total. The van der Waals surface area contributed by atoms with Crippen LogP contribution in [0.1, 0.15) is 47.9 Å². The van der Waals surface area contributed by atoms with Crippen molar-refractivity contribution in [2.45, 2.75) is 36.9 Å². The van der Waals surface area contributed by atoms with E-state index in [9.17, 15) is 29.4 Å². The van der Waals surface area contributed by atoms with Gasteiger partial charge in [0, 0.05) is 6.42 Å². The molecule has 10 nitrogen and oxygen atoms in total. The topological polar surface area (TPSA) is 157 Å². The summed E-state index contributed by atoms with van der Waals surface area (Å²) >= 11 is 0. The van der Waals surface area contributed by atoms with Gasteiger partial charge in [0.2, 0.25) is 0 Å². The van der Waals surface area contributed by atoms with Crippen molar-refractivity contribution in [2.24, 2.45) is 0 Å². The lowest BCUT2D eigenvalue weighted by molar-refractivity contribution is -0.179. The van der Waals surface area contributed by atoms with Gasteiger partial charge in [-0.05, 0) is 48.5 Å². The molecule has 4 aromatic carbocycles. The average molecular weight is 599 g/mol. The largest absolute Gasteiger partial charge is 0.478 e. The molecule has 4 aromatic rings. The number of aliphatic hydroxyl groups is 2. The molecule has 0 aliphatic heterocycles. The molecule has 1 saturated carbocycles. The van der Waals surface area contributed by atoms with E-state index in [0.717, 1.165) is 0 Å². The Morgan fingerprint density at radius 2 is 0.818 bits per heavy atom. The Balaban J connectivity index is 0.000000421. The highest BCUT2D eigenvalue weighted by molar-refractivity contribution is 5.91. The van der Waals surface area contributed by atoms with Crippen LogP contribution in [-0.4, -0.2) is 69.7 Å². The van der Waals surface area contributed by atoms with Crippen LogP contribution < -0.4 is 0 Å². The number of carboxylic acid groups (broad SMARTS) is 1. The van der Waals surface area contributed by atoms with Gasteiger partial charge in [-0.2, -0.15) is 0 Å². The van der Waals surface area contributed by atoms with Crippen molar-refractivity contribution in [1.29, 1.82) is 0 Å². The van der Waals surface area contributed by atoms with Crippen LogP contribution in [0.3, 0.4) is 0 Å². The first-order chi connectivity index (χ1) is 21.2. The fourth-order valence-corrected chi connectivity index (χ4v) is 4.42. The van der Waals surface area contributed by atoms with Crippen LogP contribution >= 0.6 is 0 Å². The van der Waals surface area contributed by atoms with Crippen molar-refractivity contribution in [1.82, 2.24) is 0 Å². The van der Waals surface area contributed by atoms with Crippen LogP contribution in [0, 0.1) is 0 Å². The second-order valence-corrected chi connectivity index (χ2v) is 9.74. The molecule has 3 unspecified atom stereocenters. The Bertz CT molecular complexity index is 1530. The SMILES string of the molecule is O=C(O)c1ccccc1.O=C(OC1C[C@H](OC(=O)c2ccccc2)C(O)C(O)[C@@H]1OC(=O)c1ccccc1)c1ccccc1. The number of carbonyl (C=O) groups excluding carboxylic acids is 3. The molecular weight excluding hydrogens is 568 g/mol. The van der Waals surface area contributed by atoms with Crippen molar-refractivity contribution >= 4 is 23.9 Å². The number of hydrogen-bond acceptors (Lipinski definition) is 9. The molecule has 44 heavy (non-hydrogen) atoms. The van der Waals surface area contributed by atoms with Gasteiger partial charge in [0.1, 0.15) is 24.4 Å². The molecule has 0 radical (unpaired) electrons. The summed E-state index contributed by atoms with van der Waals surface area (Å²) in [5, 5.41) is 29.9. The van der Waals surface area contributed by atoms with Crippen LogP contribution in [0.4, 0.5) is 0 Å². The molecule has 10 heteroatoms. The average Bonchev–Trinajstić information content (AvgIpc) is 3.07. The molecule has 226 valence electrons. The zero-order valence-electron chi connectivity index (χ0n) is 23.3. The minimum absolute atomic E-state index is 0.192. The number of hydrogen-bond donors (Lipinski definition) is 3. The molecule has 0 aromatic heterocycles. The molecule has 1 fully saturated rings. The summed E-state index contributed by atoms with van der Waals surface area (Å²) < 4.78 is 16.5. The number of ether oxygens (including phenoxy) is 3. The van der Waals surface area contributed by atoms with Crippen molar-refractivity contribution < 1.29 is 48.7 Å². The predicted molar refractivity (Wildman–Crippen MR) is 157 cm³/mol. The maximum absolute atomic E-state index is 12.7. The molecule has 5 atom stereocenters. The van der Waals surface area contributed by atoms with E-state index in [2.05, 4.69) is 0 Å². The molecule has 5 rings (SSSR count). The summed E-state index contributed by atoms with van der Waals surface area (Å²) in [4.78, 5) is 48.2. The molecule has 0 spiro atoms. The Morgan fingerprint density at radius 1 is 0.477 bits per heavy atom. The fourth-order valence-electron chi connectivity index (χ4n) is 4.42. The van der Waals surface area contributed by atoms with E-state index in [1.165, 1.54) is 12.1 Å². The summed E-state index contributed by atoms with van der Waals surface area (Å²) in [5.41, 5.74) is 1.06. The van der Waals surface area contributed by atoms with Gasteiger partial charge in [0.25, 0.3) is 0 Å². The van der Waals surface area contributed by atoms with Crippen LogP contribution in [0.25, 0.3) is 0 Å². The molecule has 0 saturated heterocycles. The summed E-state index contributed by atoms with van der Waals surface area (Å²) in [6, 6.07) is 32.7. The monoisotopic (exact) mass is 598 g/mol. The van der Waals surface area contributed by atoms with Crippen molar-refractivity contribution in [3.8, 4) is 0 Å². The quantitative estimate of drug-likeness (QED) is 0.208. The van der Waals surface area contributed by atoms with Crippen molar-refractivity contribution in [2.75, 3.05) is 0 Å². The van der Waals surface area contributed by atoms with Gasteiger partial charge in [0.15, 0.2) is 6.10 Å². The van der Waals surface area contributed by atoms with Gasteiger partial charge in [-0.25, -0.2) is 19.2 Å². The lowest BCUT2D eigenvalue weighted by Gasteiger charge is -2.41. The standard InChI is InChI=1S/C27H24O8.C7H6O2/c28-22-20(33-25(30)17-10-4-1-5-11-17)16-21(34-26(31)18-12-6-2-7-13-18)24(23(22)29)35-27(32)19-14-8-3-9-15-19;8-7(9)6-4-2-1-3-5-6/h1-15,20-24,28-29H,16H2;1-5H,(H,8,9)/t20-,21?,22?,23?,24+;/m0./s1. The molecule has 0 bridgehead atoms. The molecule has 0 heterocycles. The number of aliphatic hydroxyl groups excluding tert-OH is 2. The van der Waals surface area contributed by atoms with E-state index in [1.807, 2.05) is 0 Å². The first-order valence-electron chi connectivity index (χ1n) is 13.7. The van der Waals surface area contributed by atoms with E-state index < -0.39 is 54.4 Å². The minimum atomic E-state index is -1.68. The van der Waals surface area contributed by atoms with Crippen molar-refractivity contribution in [3.63, 3.8) is 0 Å². The predicted octanol–water partition coefficient (Wildman–Crippen LogP) is 4.17. The Hall–Kier alpha value is -5.32. The number of carbonyl (C=O) groups is 4. The normalized spacial score (nSPS) is 20.6. The first kappa shape index (κ1) is 31.6. The highest BCUT2D eigenvalue weighted by Crippen LogP contribution is 2.30. The smallest absolute Gasteiger partial charge is 0.338 e. The Morgan fingerprint density at radius 3 is 1.18 bits per heavy atom. The van der Waals surface area contributed by atoms with Crippen LogP contribution in [-0.2, 0) is 14.2 Å². The summed E-state index contributed by atoms with van der Waals surface area (Å²) in [6.07, 6.45) is -7.25. The maximum Gasteiger partial charge on any atom is 0.338 e. The number of esters is 3. The number of aromatic carboxylic acids is 1. The summed E-state index contributed by atoms with van der Waals surface area (Å²) in [6.45, 7) is 0. The molecule has 1 aliphatic carbocycles. The maximum atomic E-state index is 12.7. The van der Waals surface area contributed by atoms with Gasteiger partial charge in [-0.1, -0.05) is 72.8 Å². The third-order valence-corrected chi connectivity index (χ3v) is 6.71. The van der Waals surface area contributed by atoms with Gasteiger partial charge in [-0.15, -0.1) is 0 Å². The number of benzene rings is 4. The minimum Gasteiger partial charge on any atom is -0.478 e. The fraction of sp³-hybridized carbons (Fsp3) is 0.176. The second kappa shape index (κ2) is 15.2. The second-order valence-electron chi connectivity index (χ2n) is 9.74. The highest BCUT2D eigenvalue weighted by atomic mass is 16.6. The highest BCUT2D eigenvalue weighted by Gasteiger charge is 2.49. The zero-order chi connectivity index (χ0) is 31.5. The number of rotatable bonds is 7. The molecule has 1 aliphatic rings. The van der Waals surface area contributed by atoms with Gasteiger partial charge in [0.05, 0.1) is 22.3 Å². The van der Waals surface area contributed by atoms with E-state index >= 15 is 0 Å². The van der Waals surface area contributed by atoms with Gasteiger partial charge < -0.3 is 29.5 Å². The number of carboxylic acids is 1. The molecular formula is C34H30O10. The van der Waals surface area contributed by atoms with E-state index in [1.54, 1.807) is 109 Å².